The summed E-state index contributed by atoms with van der Waals surface area (Å²) in [5, 5.41) is 4.08. The molecule has 0 atom stereocenters. The van der Waals surface area contributed by atoms with Gasteiger partial charge in [0.2, 0.25) is 0 Å². The molecule has 1 heterocycles. The number of nitrogens with one attached hydrogen (secondary N) is 1. The number of hydrogen-bond acceptors (Lipinski definition) is 2. The van der Waals surface area contributed by atoms with Crippen LogP contribution in [-0.2, 0) is 0 Å². The monoisotopic (exact) mass is 224 g/mol. The molecule has 0 radical (unpaired) electrons. The largest absolute Gasteiger partial charge is 0.388 e. The lowest BCUT2D eigenvalue weighted by Gasteiger charge is -2.08. The van der Waals surface area contributed by atoms with E-state index in [9.17, 15) is 4.39 Å². The average molecular weight is 225 g/mol. The molecule has 0 fully saturated rings. The van der Waals surface area contributed by atoms with E-state index in [0.717, 1.165) is 11.4 Å². The third kappa shape index (κ3) is 1.75. The lowest BCUT2D eigenvalue weighted by atomic mass is 10.1. The molecular formula is C11H10ClFN2. The van der Waals surface area contributed by atoms with Crippen LogP contribution in [0.25, 0.3) is 10.9 Å². The molecule has 0 unspecified atom stereocenters. The normalized spacial score (nSPS) is 10.7. The molecule has 1 aromatic heterocycles. The van der Waals surface area contributed by atoms with Crippen molar-refractivity contribution < 1.29 is 4.39 Å². The van der Waals surface area contributed by atoms with E-state index in [1.54, 1.807) is 13.1 Å². The number of benzene rings is 1. The molecule has 0 amide bonds. The van der Waals surface area contributed by atoms with E-state index in [1.807, 2.05) is 13.0 Å². The van der Waals surface area contributed by atoms with Gasteiger partial charge >= 0.3 is 0 Å². The second-order valence-electron chi connectivity index (χ2n) is 3.34. The Bertz CT molecular complexity index is 525. The first-order valence-electron chi connectivity index (χ1n) is 4.56. The van der Waals surface area contributed by atoms with Crippen LogP contribution in [0.2, 0.25) is 5.02 Å². The van der Waals surface area contributed by atoms with Crippen LogP contribution in [0.4, 0.5) is 10.1 Å². The summed E-state index contributed by atoms with van der Waals surface area (Å²) in [7, 11) is 1.78. The van der Waals surface area contributed by atoms with Gasteiger partial charge in [0.15, 0.2) is 5.82 Å². The van der Waals surface area contributed by atoms with Crippen molar-refractivity contribution in [3.63, 3.8) is 0 Å². The number of aromatic nitrogens is 1. The smallest absolute Gasteiger partial charge is 0.150 e. The molecule has 0 aliphatic heterocycles. The van der Waals surface area contributed by atoms with Gasteiger partial charge in [-0.05, 0) is 25.1 Å². The van der Waals surface area contributed by atoms with E-state index in [1.165, 1.54) is 6.07 Å². The van der Waals surface area contributed by atoms with Crippen LogP contribution >= 0.6 is 11.6 Å². The van der Waals surface area contributed by atoms with Crippen LogP contribution in [0, 0.1) is 12.7 Å². The Kier molecular flexibility index (Phi) is 2.49. The van der Waals surface area contributed by atoms with E-state index in [4.69, 9.17) is 11.6 Å². The minimum absolute atomic E-state index is 0.351. The van der Waals surface area contributed by atoms with Crippen LogP contribution in [0.5, 0.6) is 0 Å². The van der Waals surface area contributed by atoms with Crippen molar-refractivity contribution in [1.82, 2.24) is 4.98 Å². The fourth-order valence-electron chi connectivity index (χ4n) is 1.59. The van der Waals surface area contributed by atoms with Gasteiger partial charge in [0.25, 0.3) is 0 Å². The highest BCUT2D eigenvalue weighted by molar-refractivity contribution is 6.31. The van der Waals surface area contributed by atoms with Crippen molar-refractivity contribution in [1.29, 1.82) is 0 Å². The van der Waals surface area contributed by atoms with Crippen molar-refractivity contribution in [2.75, 3.05) is 12.4 Å². The number of nitrogens with zero attached hydrogens (tertiary/aromatic N) is 1. The zero-order valence-corrected chi connectivity index (χ0v) is 9.19. The van der Waals surface area contributed by atoms with Crippen molar-refractivity contribution in [2.45, 2.75) is 6.92 Å². The molecule has 1 N–H and O–H groups in total. The summed E-state index contributed by atoms with van der Waals surface area (Å²) in [5.74, 6) is -0.391. The third-order valence-corrected chi connectivity index (χ3v) is 2.45. The standard InChI is InChI=1S/C11H10ClFN2/c1-6-3-10(14-2)8-4-7(12)5-9(13)11(8)15-6/h3-5H,1-2H3,(H,14,15). The maximum absolute atomic E-state index is 13.6. The van der Waals surface area contributed by atoms with Crippen LogP contribution < -0.4 is 5.32 Å². The molecule has 4 heteroatoms. The average Bonchev–Trinajstić information content (AvgIpc) is 2.18. The number of aryl methyl sites for hydroxylation is 1. The van der Waals surface area contributed by atoms with E-state index in [0.29, 0.717) is 15.9 Å². The van der Waals surface area contributed by atoms with Gasteiger partial charge in [0, 0.05) is 28.8 Å². The van der Waals surface area contributed by atoms with Crippen molar-refractivity contribution in [2.24, 2.45) is 0 Å². The van der Waals surface area contributed by atoms with Gasteiger partial charge < -0.3 is 5.32 Å². The Morgan fingerprint density at radius 1 is 1.33 bits per heavy atom. The maximum atomic E-state index is 13.6. The van der Waals surface area contributed by atoms with Crippen LogP contribution in [0.15, 0.2) is 18.2 Å². The number of halogens is 2. The summed E-state index contributed by atoms with van der Waals surface area (Å²) < 4.78 is 13.6. The highest BCUT2D eigenvalue weighted by Gasteiger charge is 2.08. The quantitative estimate of drug-likeness (QED) is 0.803. The number of hydrogen-bond donors (Lipinski definition) is 1. The minimum Gasteiger partial charge on any atom is -0.388 e. The number of pyridine rings is 1. The zero-order chi connectivity index (χ0) is 11.0. The molecule has 0 saturated carbocycles. The van der Waals surface area contributed by atoms with Crippen LogP contribution in [0.1, 0.15) is 5.69 Å². The summed E-state index contributed by atoms with van der Waals surface area (Å²) >= 11 is 5.80. The molecule has 0 bridgehead atoms. The summed E-state index contributed by atoms with van der Waals surface area (Å²) in [6.45, 7) is 1.83. The molecule has 1 aromatic carbocycles. The van der Waals surface area contributed by atoms with Gasteiger partial charge in [-0.3, -0.25) is 0 Å². The summed E-state index contributed by atoms with van der Waals surface area (Å²) in [6.07, 6.45) is 0. The topological polar surface area (TPSA) is 24.9 Å². The molecule has 2 nitrogen and oxygen atoms in total. The molecule has 78 valence electrons. The molecule has 0 spiro atoms. The summed E-state index contributed by atoms with van der Waals surface area (Å²) in [6, 6.07) is 4.84. The highest BCUT2D eigenvalue weighted by Crippen LogP contribution is 2.28. The first kappa shape index (κ1) is 10.2. The van der Waals surface area contributed by atoms with Gasteiger partial charge in [-0.15, -0.1) is 0 Å². The summed E-state index contributed by atoms with van der Waals surface area (Å²) in [4.78, 5) is 4.15. The van der Waals surface area contributed by atoms with Gasteiger partial charge in [-0.1, -0.05) is 11.6 Å². The molecule has 0 aliphatic rings. The highest BCUT2D eigenvalue weighted by atomic mass is 35.5. The Hall–Kier alpha value is -1.35. The Balaban J connectivity index is 2.89. The van der Waals surface area contributed by atoms with Crippen molar-refractivity contribution >= 4 is 28.2 Å². The first-order valence-corrected chi connectivity index (χ1v) is 4.94. The van der Waals surface area contributed by atoms with E-state index < -0.39 is 5.82 Å². The Labute approximate surface area is 92.1 Å². The Morgan fingerprint density at radius 2 is 2.07 bits per heavy atom. The first-order chi connectivity index (χ1) is 7.11. The predicted molar refractivity (Wildman–Crippen MR) is 61.0 cm³/mol. The molecule has 0 saturated heterocycles. The lowest BCUT2D eigenvalue weighted by molar-refractivity contribution is 0.636. The molecule has 2 aromatic rings. The van der Waals surface area contributed by atoms with Gasteiger partial charge in [-0.2, -0.15) is 0 Å². The fourth-order valence-corrected chi connectivity index (χ4v) is 1.79. The maximum Gasteiger partial charge on any atom is 0.150 e. The molecular weight excluding hydrogens is 215 g/mol. The van der Waals surface area contributed by atoms with Crippen LogP contribution in [0.3, 0.4) is 0 Å². The van der Waals surface area contributed by atoms with Gasteiger partial charge in [0.05, 0.1) is 0 Å². The zero-order valence-electron chi connectivity index (χ0n) is 8.44. The van der Waals surface area contributed by atoms with Gasteiger partial charge in [-0.25, -0.2) is 9.37 Å². The van der Waals surface area contributed by atoms with E-state index in [-0.39, 0.29) is 0 Å². The molecule has 15 heavy (non-hydrogen) atoms. The minimum atomic E-state index is -0.391. The second kappa shape index (κ2) is 3.66. The van der Waals surface area contributed by atoms with Crippen LogP contribution in [-0.4, -0.2) is 12.0 Å². The number of anilines is 1. The van der Waals surface area contributed by atoms with E-state index in [2.05, 4.69) is 10.3 Å². The molecule has 0 aliphatic carbocycles. The number of rotatable bonds is 1. The van der Waals surface area contributed by atoms with Crippen molar-refractivity contribution in [3.05, 3.63) is 34.7 Å². The third-order valence-electron chi connectivity index (χ3n) is 2.23. The van der Waals surface area contributed by atoms with E-state index >= 15 is 0 Å². The SMILES string of the molecule is CNc1cc(C)nc2c(F)cc(Cl)cc12. The van der Waals surface area contributed by atoms with Gasteiger partial charge in [0.1, 0.15) is 5.52 Å². The van der Waals surface area contributed by atoms with Crippen molar-refractivity contribution in [3.8, 4) is 0 Å². The number of fused-ring (bicyclic) bond motifs is 1. The molecule has 2 rings (SSSR count). The fraction of sp³-hybridized carbons (Fsp3) is 0.182. The lowest BCUT2D eigenvalue weighted by Crippen LogP contribution is -1.95. The predicted octanol–water partition coefficient (Wildman–Crippen LogP) is 3.38. The second-order valence-corrected chi connectivity index (χ2v) is 3.78. The Morgan fingerprint density at radius 3 is 2.73 bits per heavy atom. The summed E-state index contributed by atoms with van der Waals surface area (Å²) in [5.41, 5.74) is 1.95.